The minimum Gasteiger partial charge on any atom is -0.478 e. The lowest BCUT2D eigenvalue weighted by Gasteiger charge is -2.29. The molecule has 0 aromatic heterocycles. The van der Waals surface area contributed by atoms with Crippen LogP contribution >= 0.6 is 0 Å². The Morgan fingerprint density at radius 2 is 1.88 bits per heavy atom. The van der Waals surface area contributed by atoms with Crippen molar-refractivity contribution >= 4 is 11.7 Å². The number of carboxylic acid groups (broad SMARTS) is 1. The van der Waals surface area contributed by atoms with Crippen molar-refractivity contribution in [3.8, 4) is 0 Å². The third-order valence-corrected chi connectivity index (χ3v) is 2.94. The highest BCUT2D eigenvalue weighted by molar-refractivity contribution is 5.88. The molecule has 1 aliphatic heterocycles. The van der Waals surface area contributed by atoms with Crippen LogP contribution in [0, 0.1) is 0 Å². The number of benzene rings is 1. The standard InChI is InChI=1S/C13H15NO2/c1-9-6-7-10(2)14(9)12-5-3-4-11(8-12)13(15)16/h3-10H,1-2H3,(H,15,16). The van der Waals surface area contributed by atoms with Gasteiger partial charge in [0, 0.05) is 17.8 Å². The van der Waals surface area contributed by atoms with Gasteiger partial charge < -0.3 is 10.0 Å². The molecule has 84 valence electrons. The Bertz CT molecular complexity index is 427. The SMILES string of the molecule is CC1C=CC(C)N1c1cccc(C(=O)O)c1. The maximum atomic E-state index is 10.9. The summed E-state index contributed by atoms with van der Waals surface area (Å²) in [5.74, 6) is -0.880. The number of hydrogen-bond acceptors (Lipinski definition) is 2. The van der Waals surface area contributed by atoms with Gasteiger partial charge in [0.1, 0.15) is 0 Å². The molecule has 3 nitrogen and oxygen atoms in total. The topological polar surface area (TPSA) is 40.5 Å². The zero-order valence-electron chi connectivity index (χ0n) is 9.42. The number of hydrogen-bond donors (Lipinski definition) is 1. The first kappa shape index (κ1) is 10.7. The molecule has 0 fully saturated rings. The van der Waals surface area contributed by atoms with E-state index in [1.54, 1.807) is 18.2 Å². The van der Waals surface area contributed by atoms with Gasteiger partial charge in [-0.25, -0.2) is 4.79 Å². The Morgan fingerprint density at radius 1 is 1.25 bits per heavy atom. The molecule has 0 radical (unpaired) electrons. The predicted molar refractivity (Wildman–Crippen MR) is 63.9 cm³/mol. The first-order valence-corrected chi connectivity index (χ1v) is 5.39. The van der Waals surface area contributed by atoms with E-state index in [1.807, 2.05) is 6.07 Å². The second-order valence-corrected chi connectivity index (χ2v) is 4.13. The summed E-state index contributed by atoms with van der Waals surface area (Å²) in [4.78, 5) is 13.1. The number of aromatic carboxylic acids is 1. The van der Waals surface area contributed by atoms with Crippen LogP contribution in [0.15, 0.2) is 36.4 Å². The van der Waals surface area contributed by atoms with Gasteiger partial charge in [0.25, 0.3) is 0 Å². The number of rotatable bonds is 2. The Labute approximate surface area is 95.0 Å². The lowest BCUT2D eigenvalue weighted by Crippen LogP contribution is -2.33. The average molecular weight is 217 g/mol. The van der Waals surface area contributed by atoms with Crippen molar-refractivity contribution < 1.29 is 9.90 Å². The summed E-state index contributed by atoms with van der Waals surface area (Å²) in [6.07, 6.45) is 4.27. The van der Waals surface area contributed by atoms with Gasteiger partial charge in [-0.2, -0.15) is 0 Å². The van der Waals surface area contributed by atoms with Crippen molar-refractivity contribution in [1.29, 1.82) is 0 Å². The van der Waals surface area contributed by atoms with E-state index in [0.29, 0.717) is 17.6 Å². The van der Waals surface area contributed by atoms with Gasteiger partial charge in [-0.3, -0.25) is 0 Å². The van der Waals surface area contributed by atoms with Crippen LogP contribution in [-0.4, -0.2) is 23.2 Å². The molecule has 0 bridgehead atoms. The molecule has 2 atom stereocenters. The first-order valence-electron chi connectivity index (χ1n) is 5.39. The minimum absolute atomic E-state index is 0.319. The van der Waals surface area contributed by atoms with Crippen molar-refractivity contribution in [2.75, 3.05) is 4.90 Å². The molecule has 1 aromatic rings. The second-order valence-electron chi connectivity index (χ2n) is 4.13. The van der Waals surface area contributed by atoms with Crippen LogP contribution in [0.25, 0.3) is 0 Å². The summed E-state index contributed by atoms with van der Waals surface area (Å²) in [5.41, 5.74) is 1.30. The number of carbonyl (C=O) groups is 1. The number of nitrogens with zero attached hydrogens (tertiary/aromatic N) is 1. The van der Waals surface area contributed by atoms with E-state index >= 15 is 0 Å². The van der Waals surface area contributed by atoms with Crippen LogP contribution in [-0.2, 0) is 0 Å². The Morgan fingerprint density at radius 3 is 2.44 bits per heavy atom. The molecule has 0 amide bonds. The van der Waals surface area contributed by atoms with E-state index in [0.717, 1.165) is 5.69 Å². The van der Waals surface area contributed by atoms with Crippen molar-refractivity contribution in [3.63, 3.8) is 0 Å². The van der Waals surface area contributed by atoms with Crippen molar-refractivity contribution in [1.82, 2.24) is 0 Å². The average Bonchev–Trinajstić information content (AvgIpc) is 2.59. The lowest BCUT2D eigenvalue weighted by molar-refractivity contribution is 0.0697. The van der Waals surface area contributed by atoms with Gasteiger partial charge in [0.05, 0.1) is 5.56 Å². The Balaban J connectivity index is 2.34. The summed E-state index contributed by atoms with van der Waals surface area (Å²) in [5, 5.41) is 8.95. The van der Waals surface area contributed by atoms with Gasteiger partial charge in [0.15, 0.2) is 0 Å². The van der Waals surface area contributed by atoms with E-state index in [4.69, 9.17) is 5.11 Å². The van der Waals surface area contributed by atoms with Crippen LogP contribution in [0.1, 0.15) is 24.2 Å². The third-order valence-electron chi connectivity index (χ3n) is 2.94. The fourth-order valence-electron chi connectivity index (χ4n) is 2.15. The molecule has 0 saturated heterocycles. The summed E-state index contributed by atoms with van der Waals surface area (Å²) < 4.78 is 0. The zero-order valence-corrected chi connectivity index (χ0v) is 9.42. The van der Waals surface area contributed by atoms with E-state index in [1.165, 1.54) is 0 Å². The highest BCUT2D eigenvalue weighted by Gasteiger charge is 2.22. The fourth-order valence-corrected chi connectivity index (χ4v) is 2.15. The van der Waals surface area contributed by atoms with Gasteiger partial charge in [0.2, 0.25) is 0 Å². The van der Waals surface area contributed by atoms with Gasteiger partial charge in [-0.05, 0) is 32.0 Å². The molecule has 16 heavy (non-hydrogen) atoms. The normalized spacial score (nSPS) is 23.8. The van der Waals surface area contributed by atoms with Gasteiger partial charge in [-0.1, -0.05) is 18.2 Å². The van der Waals surface area contributed by atoms with Crippen molar-refractivity contribution in [2.45, 2.75) is 25.9 Å². The maximum absolute atomic E-state index is 10.9. The Kier molecular flexibility index (Phi) is 2.69. The van der Waals surface area contributed by atoms with E-state index in [2.05, 4.69) is 30.9 Å². The maximum Gasteiger partial charge on any atom is 0.335 e. The van der Waals surface area contributed by atoms with Gasteiger partial charge in [-0.15, -0.1) is 0 Å². The third kappa shape index (κ3) is 1.81. The Hall–Kier alpha value is -1.77. The molecular weight excluding hydrogens is 202 g/mol. The van der Waals surface area contributed by atoms with Crippen molar-refractivity contribution in [3.05, 3.63) is 42.0 Å². The molecule has 0 spiro atoms. The summed E-state index contributed by atoms with van der Waals surface area (Å²) in [6.45, 7) is 4.21. The van der Waals surface area contributed by atoms with Crippen LogP contribution in [0.2, 0.25) is 0 Å². The summed E-state index contributed by atoms with van der Waals surface area (Å²) in [6, 6.07) is 7.72. The number of carboxylic acids is 1. The molecule has 1 aromatic carbocycles. The van der Waals surface area contributed by atoms with E-state index in [-0.39, 0.29) is 0 Å². The molecular formula is C13H15NO2. The number of anilines is 1. The molecule has 0 saturated carbocycles. The van der Waals surface area contributed by atoms with Crippen LogP contribution in [0.5, 0.6) is 0 Å². The molecule has 0 aliphatic carbocycles. The minimum atomic E-state index is -0.880. The second kappa shape index (κ2) is 4.00. The summed E-state index contributed by atoms with van der Waals surface area (Å²) >= 11 is 0. The lowest BCUT2D eigenvalue weighted by atomic mass is 10.1. The predicted octanol–water partition coefficient (Wildman–Crippen LogP) is 2.54. The molecule has 3 heteroatoms. The summed E-state index contributed by atoms with van der Waals surface area (Å²) in [7, 11) is 0. The highest BCUT2D eigenvalue weighted by atomic mass is 16.4. The first-order chi connectivity index (χ1) is 7.59. The van der Waals surface area contributed by atoms with Crippen LogP contribution in [0.4, 0.5) is 5.69 Å². The molecule has 2 unspecified atom stereocenters. The highest BCUT2D eigenvalue weighted by Crippen LogP contribution is 2.26. The molecule has 1 heterocycles. The largest absolute Gasteiger partial charge is 0.478 e. The fraction of sp³-hybridized carbons (Fsp3) is 0.308. The van der Waals surface area contributed by atoms with Crippen LogP contribution in [0.3, 0.4) is 0 Å². The zero-order chi connectivity index (χ0) is 11.7. The smallest absolute Gasteiger partial charge is 0.335 e. The monoisotopic (exact) mass is 217 g/mol. The molecule has 2 rings (SSSR count). The van der Waals surface area contributed by atoms with Gasteiger partial charge >= 0.3 is 5.97 Å². The molecule has 1 aliphatic rings. The quantitative estimate of drug-likeness (QED) is 0.774. The van der Waals surface area contributed by atoms with E-state index in [9.17, 15) is 4.79 Å². The van der Waals surface area contributed by atoms with Crippen LogP contribution < -0.4 is 4.90 Å². The van der Waals surface area contributed by atoms with E-state index < -0.39 is 5.97 Å². The van der Waals surface area contributed by atoms with Crippen molar-refractivity contribution in [2.24, 2.45) is 0 Å². The molecule has 1 N–H and O–H groups in total.